The highest BCUT2D eigenvalue weighted by Gasteiger charge is 2.28. The average molecular weight is 216 g/mol. The van der Waals surface area contributed by atoms with Crippen molar-refractivity contribution in [1.29, 1.82) is 0 Å². The summed E-state index contributed by atoms with van der Waals surface area (Å²) in [7, 11) is 1.39. The predicted molar refractivity (Wildman–Crippen MR) is 52.5 cm³/mol. The van der Waals surface area contributed by atoms with Gasteiger partial charge in [0.05, 0.1) is 6.61 Å². The maximum Gasteiger partial charge on any atom is 0.165 e. The molecule has 2 nitrogen and oxygen atoms in total. The Morgan fingerprint density at radius 3 is 2.47 bits per heavy atom. The SMILES string of the molecule is COCC(C)(O)c1ccc(C)c(F)c1F. The van der Waals surface area contributed by atoms with Crippen molar-refractivity contribution in [2.75, 3.05) is 13.7 Å². The lowest BCUT2D eigenvalue weighted by Crippen LogP contribution is -2.29. The molecule has 0 saturated carbocycles. The van der Waals surface area contributed by atoms with E-state index in [0.717, 1.165) is 0 Å². The lowest BCUT2D eigenvalue weighted by Gasteiger charge is -2.23. The van der Waals surface area contributed by atoms with E-state index in [2.05, 4.69) is 0 Å². The molecule has 0 radical (unpaired) electrons. The smallest absolute Gasteiger partial charge is 0.165 e. The highest BCUT2D eigenvalue weighted by molar-refractivity contribution is 5.29. The van der Waals surface area contributed by atoms with Crippen LogP contribution in [-0.4, -0.2) is 18.8 Å². The Balaban J connectivity index is 3.21. The van der Waals surface area contributed by atoms with Crippen molar-refractivity contribution in [2.24, 2.45) is 0 Å². The van der Waals surface area contributed by atoms with Gasteiger partial charge in [0, 0.05) is 12.7 Å². The highest BCUT2D eigenvalue weighted by Crippen LogP contribution is 2.26. The summed E-state index contributed by atoms with van der Waals surface area (Å²) in [5, 5.41) is 9.85. The summed E-state index contributed by atoms with van der Waals surface area (Å²) < 4.78 is 31.5. The second-order valence-electron chi connectivity index (χ2n) is 3.76. The molecule has 0 bridgehead atoms. The lowest BCUT2D eigenvalue weighted by molar-refractivity contribution is -0.0236. The summed E-state index contributed by atoms with van der Waals surface area (Å²) >= 11 is 0. The molecule has 1 rings (SSSR count). The van der Waals surface area contributed by atoms with Crippen LogP contribution in [0.5, 0.6) is 0 Å². The Bertz CT molecular complexity index is 362. The summed E-state index contributed by atoms with van der Waals surface area (Å²) in [5.74, 6) is -1.94. The minimum atomic E-state index is -1.52. The molecule has 15 heavy (non-hydrogen) atoms. The Morgan fingerprint density at radius 2 is 1.93 bits per heavy atom. The molecule has 84 valence electrons. The fraction of sp³-hybridized carbons (Fsp3) is 0.455. The molecule has 0 aliphatic rings. The first-order valence-corrected chi connectivity index (χ1v) is 4.56. The molecule has 0 amide bonds. The number of hydrogen-bond acceptors (Lipinski definition) is 2. The minimum absolute atomic E-state index is 0.0903. The van der Waals surface area contributed by atoms with Gasteiger partial charge in [-0.3, -0.25) is 0 Å². The zero-order valence-corrected chi connectivity index (χ0v) is 8.97. The normalized spacial score (nSPS) is 15.1. The number of benzene rings is 1. The Kier molecular flexibility index (Phi) is 3.42. The van der Waals surface area contributed by atoms with Crippen molar-refractivity contribution >= 4 is 0 Å². The molecule has 0 aromatic heterocycles. The van der Waals surface area contributed by atoms with Gasteiger partial charge in [0.15, 0.2) is 11.6 Å². The Labute approximate surface area is 87.5 Å². The number of rotatable bonds is 3. The third kappa shape index (κ3) is 2.33. The number of aryl methyl sites for hydroxylation is 1. The summed E-state index contributed by atoms with van der Waals surface area (Å²) in [6, 6.07) is 2.80. The van der Waals surface area contributed by atoms with E-state index in [9.17, 15) is 13.9 Å². The summed E-state index contributed by atoms with van der Waals surface area (Å²) in [6.07, 6.45) is 0. The van der Waals surface area contributed by atoms with Crippen molar-refractivity contribution in [2.45, 2.75) is 19.4 Å². The van der Waals surface area contributed by atoms with Crippen LogP contribution in [0.15, 0.2) is 12.1 Å². The fourth-order valence-corrected chi connectivity index (χ4v) is 1.42. The molecule has 4 heteroatoms. The number of hydrogen-bond donors (Lipinski definition) is 1. The van der Waals surface area contributed by atoms with Gasteiger partial charge in [-0.05, 0) is 19.4 Å². The van der Waals surface area contributed by atoms with Crippen molar-refractivity contribution in [3.8, 4) is 0 Å². The molecule has 1 unspecified atom stereocenters. The molecule has 1 N–H and O–H groups in total. The van der Waals surface area contributed by atoms with Crippen molar-refractivity contribution < 1.29 is 18.6 Å². The van der Waals surface area contributed by atoms with Crippen molar-refractivity contribution in [3.05, 3.63) is 34.9 Å². The second kappa shape index (κ2) is 4.24. The van der Waals surface area contributed by atoms with Gasteiger partial charge in [-0.25, -0.2) is 8.78 Å². The van der Waals surface area contributed by atoms with Crippen LogP contribution < -0.4 is 0 Å². The van der Waals surface area contributed by atoms with Crippen LogP contribution in [-0.2, 0) is 10.3 Å². The Hall–Kier alpha value is -1.00. The maximum absolute atomic E-state index is 13.5. The average Bonchev–Trinajstić information content (AvgIpc) is 2.13. The van der Waals surface area contributed by atoms with E-state index in [4.69, 9.17) is 4.74 Å². The van der Waals surface area contributed by atoms with Gasteiger partial charge >= 0.3 is 0 Å². The van der Waals surface area contributed by atoms with Gasteiger partial charge in [-0.2, -0.15) is 0 Å². The summed E-state index contributed by atoms with van der Waals surface area (Å²) in [4.78, 5) is 0. The lowest BCUT2D eigenvalue weighted by atomic mass is 9.95. The van der Waals surface area contributed by atoms with E-state index in [0.29, 0.717) is 0 Å². The predicted octanol–water partition coefficient (Wildman–Crippen LogP) is 2.13. The third-order valence-corrected chi connectivity index (χ3v) is 2.28. The van der Waals surface area contributed by atoms with Gasteiger partial charge in [-0.15, -0.1) is 0 Å². The molecule has 0 fully saturated rings. The molecular weight excluding hydrogens is 202 g/mol. The zero-order chi connectivity index (χ0) is 11.6. The summed E-state index contributed by atoms with van der Waals surface area (Å²) in [5.41, 5.74) is -1.40. The fourth-order valence-electron chi connectivity index (χ4n) is 1.42. The molecule has 0 spiro atoms. The van der Waals surface area contributed by atoms with Crippen molar-refractivity contribution in [1.82, 2.24) is 0 Å². The van der Waals surface area contributed by atoms with Gasteiger partial charge < -0.3 is 9.84 Å². The quantitative estimate of drug-likeness (QED) is 0.838. The second-order valence-corrected chi connectivity index (χ2v) is 3.76. The van der Waals surface area contributed by atoms with Crippen LogP contribution in [0.1, 0.15) is 18.1 Å². The highest BCUT2D eigenvalue weighted by atomic mass is 19.2. The number of methoxy groups -OCH3 is 1. The van der Waals surface area contributed by atoms with Gasteiger partial charge in [0.1, 0.15) is 5.60 Å². The van der Waals surface area contributed by atoms with Crippen LogP contribution in [0.3, 0.4) is 0 Å². The van der Waals surface area contributed by atoms with E-state index in [1.54, 1.807) is 0 Å². The maximum atomic E-state index is 13.5. The third-order valence-electron chi connectivity index (χ3n) is 2.28. The number of halogens is 2. The standard InChI is InChI=1S/C11H14F2O2/c1-7-4-5-8(10(13)9(7)12)11(2,14)6-15-3/h4-5,14H,6H2,1-3H3. The Morgan fingerprint density at radius 1 is 1.33 bits per heavy atom. The monoisotopic (exact) mass is 216 g/mol. The molecule has 0 aliphatic heterocycles. The molecular formula is C11H14F2O2. The van der Waals surface area contributed by atoms with E-state index in [1.807, 2.05) is 0 Å². The van der Waals surface area contributed by atoms with E-state index < -0.39 is 17.2 Å². The topological polar surface area (TPSA) is 29.5 Å². The molecule has 1 aromatic carbocycles. The minimum Gasteiger partial charge on any atom is -0.383 e. The van der Waals surface area contributed by atoms with Crippen LogP contribution >= 0.6 is 0 Å². The zero-order valence-electron chi connectivity index (χ0n) is 8.97. The van der Waals surface area contributed by atoms with Crippen LogP contribution in [0, 0.1) is 18.6 Å². The number of ether oxygens (including phenoxy) is 1. The van der Waals surface area contributed by atoms with Crippen LogP contribution in [0.25, 0.3) is 0 Å². The molecule has 1 aromatic rings. The van der Waals surface area contributed by atoms with E-state index in [1.165, 1.54) is 33.1 Å². The largest absolute Gasteiger partial charge is 0.383 e. The van der Waals surface area contributed by atoms with Crippen LogP contribution in [0.2, 0.25) is 0 Å². The van der Waals surface area contributed by atoms with Gasteiger partial charge in [0.2, 0.25) is 0 Å². The van der Waals surface area contributed by atoms with Gasteiger partial charge in [-0.1, -0.05) is 12.1 Å². The molecule has 0 saturated heterocycles. The summed E-state index contributed by atoms with van der Waals surface area (Å²) in [6.45, 7) is 2.75. The molecule has 0 heterocycles. The first kappa shape index (κ1) is 12.1. The first-order chi connectivity index (χ1) is 6.90. The first-order valence-electron chi connectivity index (χ1n) is 4.56. The molecule has 1 atom stereocenters. The van der Waals surface area contributed by atoms with Crippen molar-refractivity contribution in [3.63, 3.8) is 0 Å². The van der Waals surface area contributed by atoms with E-state index in [-0.39, 0.29) is 17.7 Å². The molecule has 0 aliphatic carbocycles. The van der Waals surface area contributed by atoms with Gasteiger partial charge in [0.25, 0.3) is 0 Å². The number of aliphatic hydroxyl groups is 1. The van der Waals surface area contributed by atoms with Crippen LogP contribution in [0.4, 0.5) is 8.78 Å². The van der Waals surface area contributed by atoms with E-state index >= 15 is 0 Å².